The number of cyclic esters (lactones) is 1. The van der Waals surface area contributed by atoms with Gasteiger partial charge < -0.3 is 13.9 Å². The minimum atomic E-state index is -4.55. The van der Waals surface area contributed by atoms with E-state index < -0.39 is 32.3 Å². The second kappa shape index (κ2) is 9.75. The zero-order chi connectivity index (χ0) is 25.3. The summed E-state index contributed by atoms with van der Waals surface area (Å²) in [6, 6.07) is 6.64. The van der Waals surface area contributed by atoms with E-state index in [9.17, 15) is 18.0 Å². The van der Waals surface area contributed by atoms with Gasteiger partial charge in [-0.1, -0.05) is 38.4 Å². The van der Waals surface area contributed by atoms with E-state index in [4.69, 9.17) is 25.5 Å². The highest BCUT2D eigenvalue weighted by molar-refractivity contribution is 6.74. The lowest BCUT2D eigenvalue weighted by Crippen LogP contribution is -2.43. The van der Waals surface area contributed by atoms with E-state index in [1.807, 2.05) is 0 Å². The number of pyridine rings is 1. The molecule has 1 fully saturated rings. The third-order valence-corrected chi connectivity index (χ3v) is 11.0. The third kappa shape index (κ3) is 6.03. The van der Waals surface area contributed by atoms with Gasteiger partial charge in [-0.05, 0) is 42.4 Å². The number of rotatable bonds is 7. The second-order valence-corrected chi connectivity index (χ2v) is 14.8. The van der Waals surface area contributed by atoms with Crippen molar-refractivity contribution in [1.29, 1.82) is 0 Å². The topological polar surface area (TPSA) is 60.9 Å². The molecule has 0 aliphatic carbocycles. The van der Waals surface area contributed by atoms with Crippen LogP contribution in [0.3, 0.4) is 0 Å². The van der Waals surface area contributed by atoms with E-state index in [1.54, 1.807) is 6.07 Å². The first-order valence-electron chi connectivity index (χ1n) is 10.7. The van der Waals surface area contributed by atoms with E-state index in [-0.39, 0.29) is 34.5 Å². The van der Waals surface area contributed by atoms with Crippen LogP contribution in [0.5, 0.6) is 5.75 Å². The summed E-state index contributed by atoms with van der Waals surface area (Å²) < 4.78 is 56.8. The zero-order valence-electron chi connectivity index (χ0n) is 19.7. The normalized spacial score (nSPS) is 17.1. The molecule has 3 rings (SSSR count). The van der Waals surface area contributed by atoms with Gasteiger partial charge in [0.2, 0.25) is 0 Å². The van der Waals surface area contributed by atoms with Crippen LogP contribution in [0.15, 0.2) is 36.5 Å². The Morgan fingerprint density at radius 3 is 2.50 bits per heavy atom. The number of halogens is 4. The van der Waals surface area contributed by atoms with Crippen molar-refractivity contribution in [3.8, 4) is 5.75 Å². The Kier molecular flexibility index (Phi) is 7.54. The molecular weight excluding hydrogens is 489 g/mol. The van der Waals surface area contributed by atoms with Crippen molar-refractivity contribution in [2.75, 3.05) is 18.1 Å². The van der Waals surface area contributed by atoms with Crippen molar-refractivity contribution in [3.05, 3.63) is 52.7 Å². The first-order chi connectivity index (χ1) is 15.7. The van der Waals surface area contributed by atoms with Crippen LogP contribution in [0.4, 0.5) is 23.8 Å². The van der Waals surface area contributed by atoms with Crippen LogP contribution in [0.2, 0.25) is 23.2 Å². The highest BCUT2D eigenvalue weighted by atomic mass is 35.5. The van der Waals surface area contributed by atoms with Gasteiger partial charge in [0.15, 0.2) is 8.32 Å². The smallest absolute Gasteiger partial charge is 0.416 e. The highest BCUT2D eigenvalue weighted by Gasteiger charge is 2.40. The molecule has 0 bridgehead atoms. The monoisotopic (exact) mass is 516 g/mol. The number of carbonyl (C=O) groups is 1. The third-order valence-electron chi connectivity index (χ3n) is 6.12. The minimum absolute atomic E-state index is 0.0369. The average molecular weight is 517 g/mol. The summed E-state index contributed by atoms with van der Waals surface area (Å²) in [7, 11) is -1.98. The molecule has 0 saturated carbocycles. The molecule has 34 heavy (non-hydrogen) atoms. The number of anilines is 1. The number of hydrogen-bond acceptors (Lipinski definition) is 5. The maximum absolute atomic E-state index is 13.2. The molecule has 1 aromatic carbocycles. The number of alkyl halides is 3. The summed E-state index contributed by atoms with van der Waals surface area (Å²) in [4.78, 5) is 17.9. The molecule has 0 unspecified atom stereocenters. The predicted octanol–water partition coefficient (Wildman–Crippen LogP) is 6.68. The summed E-state index contributed by atoms with van der Waals surface area (Å²) >= 11 is 5.96. The molecule has 11 heteroatoms. The minimum Gasteiger partial charge on any atom is -0.487 e. The number of nitrogens with zero attached hydrogens (tertiary/aromatic N) is 2. The van der Waals surface area contributed by atoms with Crippen molar-refractivity contribution in [3.63, 3.8) is 0 Å². The van der Waals surface area contributed by atoms with Crippen LogP contribution in [-0.2, 0) is 21.9 Å². The van der Waals surface area contributed by atoms with Crippen molar-refractivity contribution in [1.82, 2.24) is 4.98 Å². The van der Waals surface area contributed by atoms with Gasteiger partial charge in [-0.15, -0.1) is 0 Å². The molecule has 1 aliphatic heterocycles. The van der Waals surface area contributed by atoms with Gasteiger partial charge in [0.1, 0.15) is 24.3 Å². The summed E-state index contributed by atoms with van der Waals surface area (Å²) in [6.07, 6.45) is -4.16. The molecule has 186 valence electrons. The summed E-state index contributed by atoms with van der Waals surface area (Å²) in [5.41, 5.74) is -1.01. The van der Waals surface area contributed by atoms with Crippen molar-refractivity contribution >= 4 is 31.8 Å². The average Bonchev–Trinajstić information content (AvgIpc) is 3.11. The molecule has 6 nitrogen and oxygen atoms in total. The number of amides is 1. The van der Waals surface area contributed by atoms with Crippen LogP contribution in [0, 0.1) is 0 Å². The molecule has 1 saturated heterocycles. The first-order valence-corrected chi connectivity index (χ1v) is 14.0. The Balaban J connectivity index is 1.62. The van der Waals surface area contributed by atoms with Gasteiger partial charge in [0.25, 0.3) is 0 Å². The largest absolute Gasteiger partial charge is 0.487 e. The summed E-state index contributed by atoms with van der Waals surface area (Å²) in [6.45, 7) is 10.9. The molecule has 0 N–H and O–H groups in total. The zero-order valence-corrected chi connectivity index (χ0v) is 21.5. The fourth-order valence-electron chi connectivity index (χ4n) is 3.06. The van der Waals surface area contributed by atoms with E-state index in [0.717, 1.165) is 6.07 Å². The Bertz CT molecular complexity index is 1030. The maximum atomic E-state index is 13.2. The van der Waals surface area contributed by atoms with E-state index in [2.05, 4.69) is 38.8 Å². The maximum Gasteiger partial charge on any atom is 0.416 e. The summed E-state index contributed by atoms with van der Waals surface area (Å²) in [5, 5.41) is 0.00234. The number of ether oxygens (including phenoxy) is 2. The highest BCUT2D eigenvalue weighted by Crippen LogP contribution is 2.37. The SMILES string of the molecule is CC(C)(C)[Si](C)(C)OC[C@@H]1CN(c2ccc(OCc3c(Cl)cccc3C(F)(F)F)cn2)C(=O)O1. The fourth-order valence-corrected chi connectivity index (χ4v) is 4.32. The molecule has 0 radical (unpaired) electrons. The van der Waals surface area contributed by atoms with E-state index in [1.165, 1.54) is 29.3 Å². The van der Waals surface area contributed by atoms with Crippen LogP contribution in [0.25, 0.3) is 0 Å². The number of benzene rings is 1. The Morgan fingerprint density at radius 2 is 1.91 bits per heavy atom. The number of aromatic nitrogens is 1. The Morgan fingerprint density at radius 1 is 1.21 bits per heavy atom. The lowest BCUT2D eigenvalue weighted by molar-refractivity contribution is -0.138. The van der Waals surface area contributed by atoms with Crippen molar-refractivity contribution < 1.29 is 31.9 Å². The molecule has 1 amide bonds. The van der Waals surface area contributed by atoms with Crippen LogP contribution in [0.1, 0.15) is 31.9 Å². The number of carbonyl (C=O) groups excluding carboxylic acids is 1. The van der Waals surface area contributed by atoms with Gasteiger partial charge in [-0.3, -0.25) is 4.90 Å². The number of hydrogen-bond donors (Lipinski definition) is 0. The quantitative estimate of drug-likeness (QED) is 0.384. The second-order valence-electron chi connectivity index (χ2n) is 9.59. The van der Waals surface area contributed by atoms with Gasteiger partial charge in [-0.25, -0.2) is 9.78 Å². The molecule has 1 atom stereocenters. The standard InChI is InChI=1S/C23H28ClF3N2O4Si/c1-22(2,3)34(4,5)32-13-16-12-29(21(30)33-16)20-10-9-15(11-28-20)31-14-17-18(23(25,26)27)7-6-8-19(17)24/h6-11,16H,12-14H2,1-5H3/t16-/m0/s1. The fraction of sp³-hybridized carbons (Fsp3) is 0.478. The van der Waals surface area contributed by atoms with Gasteiger partial charge in [0.05, 0.1) is 24.9 Å². The summed E-state index contributed by atoms with van der Waals surface area (Å²) in [5.74, 6) is 0.586. The van der Waals surface area contributed by atoms with E-state index in [0.29, 0.717) is 12.4 Å². The van der Waals surface area contributed by atoms with E-state index >= 15 is 0 Å². The molecule has 0 spiro atoms. The lowest BCUT2D eigenvalue weighted by atomic mass is 10.1. The van der Waals surface area contributed by atoms with Gasteiger partial charge >= 0.3 is 12.3 Å². The van der Waals surface area contributed by atoms with Crippen molar-refractivity contribution in [2.45, 2.75) is 57.8 Å². The van der Waals surface area contributed by atoms with Crippen LogP contribution >= 0.6 is 11.6 Å². The molecule has 1 aliphatic rings. The lowest BCUT2D eigenvalue weighted by Gasteiger charge is -2.36. The van der Waals surface area contributed by atoms with Gasteiger partial charge in [-0.2, -0.15) is 13.2 Å². The molecule has 1 aromatic heterocycles. The Hall–Kier alpha value is -2.30. The van der Waals surface area contributed by atoms with Crippen molar-refractivity contribution in [2.24, 2.45) is 0 Å². The van der Waals surface area contributed by atoms with Crippen LogP contribution < -0.4 is 9.64 Å². The molecular formula is C23H28ClF3N2O4Si. The molecule has 2 aromatic rings. The van der Waals surface area contributed by atoms with Crippen LogP contribution in [-0.4, -0.2) is 38.7 Å². The van der Waals surface area contributed by atoms with Gasteiger partial charge in [0, 0.05) is 10.6 Å². The molecule has 2 heterocycles. The predicted molar refractivity (Wildman–Crippen MR) is 126 cm³/mol. The first kappa shape index (κ1) is 26.3. The Labute approximate surface area is 203 Å².